The fraction of sp³-hybridized carbons (Fsp3) is 0.250. The minimum absolute atomic E-state index is 0.109. The number of hydrogen-bond donors (Lipinski definition) is 2. The Bertz CT molecular complexity index is 724. The lowest BCUT2D eigenvalue weighted by molar-refractivity contribution is 0.0634. The minimum Gasteiger partial charge on any atom is -0.329 e. The first-order chi connectivity index (χ1) is 10.7. The Morgan fingerprint density at radius 1 is 1.23 bits per heavy atom. The van der Waals surface area contributed by atoms with Crippen LogP contribution in [-0.4, -0.2) is 35.4 Å². The number of piperazine rings is 1. The molecule has 1 aliphatic rings. The average Bonchev–Trinajstić information content (AvgIpc) is 2.55. The number of nitrogens with zero attached hydrogens (tertiary/aromatic N) is 1. The summed E-state index contributed by atoms with van der Waals surface area (Å²) >= 11 is 6.28. The van der Waals surface area contributed by atoms with Crippen LogP contribution in [0.4, 0.5) is 0 Å². The number of amides is 1. The zero-order valence-corrected chi connectivity index (χ0v) is 12.6. The number of aromatic amines is 1. The summed E-state index contributed by atoms with van der Waals surface area (Å²) in [6, 6.07) is 10.3. The lowest BCUT2D eigenvalue weighted by Gasteiger charge is -2.37. The molecular weight excluding hydrogens is 302 g/mol. The van der Waals surface area contributed by atoms with Gasteiger partial charge in [0.2, 0.25) is 5.56 Å². The molecule has 3 rings (SSSR count). The van der Waals surface area contributed by atoms with Crippen LogP contribution in [0.15, 0.2) is 47.4 Å². The van der Waals surface area contributed by atoms with Crippen molar-refractivity contribution >= 4 is 17.5 Å². The van der Waals surface area contributed by atoms with E-state index in [-0.39, 0.29) is 17.5 Å². The van der Waals surface area contributed by atoms with Gasteiger partial charge in [-0.2, -0.15) is 0 Å². The lowest BCUT2D eigenvalue weighted by Crippen LogP contribution is -2.48. The third kappa shape index (κ3) is 2.91. The van der Waals surface area contributed by atoms with Crippen molar-refractivity contribution in [1.82, 2.24) is 15.2 Å². The van der Waals surface area contributed by atoms with Crippen molar-refractivity contribution in [2.75, 3.05) is 19.6 Å². The van der Waals surface area contributed by atoms with E-state index in [1.54, 1.807) is 11.0 Å². The zero-order chi connectivity index (χ0) is 15.5. The fourth-order valence-electron chi connectivity index (χ4n) is 2.68. The molecule has 1 aromatic carbocycles. The maximum absolute atomic E-state index is 12.7. The highest BCUT2D eigenvalue weighted by Gasteiger charge is 2.29. The van der Waals surface area contributed by atoms with Gasteiger partial charge in [-0.25, -0.2) is 0 Å². The average molecular weight is 318 g/mol. The van der Waals surface area contributed by atoms with Crippen LogP contribution in [0.2, 0.25) is 5.02 Å². The van der Waals surface area contributed by atoms with Crippen LogP contribution in [0.3, 0.4) is 0 Å². The van der Waals surface area contributed by atoms with Crippen LogP contribution >= 0.6 is 11.6 Å². The van der Waals surface area contributed by atoms with E-state index in [1.807, 2.05) is 24.3 Å². The molecule has 2 aromatic rings. The molecule has 2 N–H and O–H groups in total. The molecule has 1 saturated heterocycles. The molecule has 1 atom stereocenters. The Kier molecular flexibility index (Phi) is 4.27. The highest BCUT2D eigenvalue weighted by Crippen LogP contribution is 2.29. The van der Waals surface area contributed by atoms with Gasteiger partial charge in [0.05, 0.1) is 11.6 Å². The van der Waals surface area contributed by atoms with Crippen LogP contribution in [0, 0.1) is 0 Å². The molecule has 1 fully saturated rings. The summed E-state index contributed by atoms with van der Waals surface area (Å²) < 4.78 is 0. The van der Waals surface area contributed by atoms with Gasteiger partial charge in [0.15, 0.2) is 0 Å². The number of H-pyrrole nitrogens is 1. The van der Waals surface area contributed by atoms with E-state index in [9.17, 15) is 9.59 Å². The lowest BCUT2D eigenvalue weighted by atomic mass is 10.0. The Morgan fingerprint density at radius 3 is 2.77 bits per heavy atom. The van der Waals surface area contributed by atoms with Gasteiger partial charge in [0, 0.05) is 36.9 Å². The van der Waals surface area contributed by atoms with Gasteiger partial charge in [-0.3, -0.25) is 9.59 Å². The third-order valence-corrected chi connectivity index (χ3v) is 4.14. The van der Waals surface area contributed by atoms with Gasteiger partial charge in [0.1, 0.15) is 0 Å². The highest BCUT2D eigenvalue weighted by molar-refractivity contribution is 6.31. The number of halogens is 1. The molecule has 6 heteroatoms. The third-order valence-electron chi connectivity index (χ3n) is 3.80. The van der Waals surface area contributed by atoms with Crippen LogP contribution < -0.4 is 10.9 Å². The standard InChI is InChI=1S/C16H16ClN3O2/c17-13-4-2-1-3-12(13)14-10-18-7-8-20(14)16(22)11-5-6-15(21)19-9-11/h1-6,9,14,18H,7-8,10H2,(H,19,21). The van der Waals surface area contributed by atoms with Crippen LogP contribution in [0.25, 0.3) is 0 Å². The summed E-state index contributed by atoms with van der Waals surface area (Å²) in [7, 11) is 0. The number of hydrogen-bond acceptors (Lipinski definition) is 3. The summed E-state index contributed by atoms with van der Waals surface area (Å²) in [5, 5.41) is 3.94. The maximum atomic E-state index is 12.7. The summed E-state index contributed by atoms with van der Waals surface area (Å²) in [6.45, 7) is 1.97. The predicted octanol–water partition coefficient (Wildman–Crippen LogP) is 1.81. The van der Waals surface area contributed by atoms with Crippen molar-refractivity contribution in [2.45, 2.75) is 6.04 Å². The first-order valence-corrected chi connectivity index (χ1v) is 7.49. The molecule has 2 heterocycles. The van der Waals surface area contributed by atoms with Crippen molar-refractivity contribution < 1.29 is 4.79 Å². The normalized spacial score (nSPS) is 18.2. The molecule has 1 amide bonds. The van der Waals surface area contributed by atoms with Crippen LogP contribution in [0.1, 0.15) is 22.0 Å². The fourth-order valence-corrected chi connectivity index (χ4v) is 2.94. The Morgan fingerprint density at radius 2 is 2.05 bits per heavy atom. The zero-order valence-electron chi connectivity index (χ0n) is 11.9. The number of rotatable bonds is 2. The second-order valence-corrected chi connectivity index (χ2v) is 5.59. The van der Waals surface area contributed by atoms with Gasteiger partial charge in [-0.05, 0) is 17.7 Å². The molecule has 0 spiro atoms. The van der Waals surface area contributed by atoms with Gasteiger partial charge in [-0.1, -0.05) is 29.8 Å². The van der Waals surface area contributed by atoms with Gasteiger partial charge < -0.3 is 15.2 Å². The van der Waals surface area contributed by atoms with Gasteiger partial charge >= 0.3 is 0 Å². The van der Waals surface area contributed by atoms with E-state index in [0.717, 1.165) is 12.1 Å². The summed E-state index contributed by atoms with van der Waals surface area (Å²) in [5.74, 6) is -0.109. The van der Waals surface area contributed by atoms with Crippen molar-refractivity contribution in [1.29, 1.82) is 0 Å². The van der Waals surface area contributed by atoms with E-state index in [0.29, 0.717) is 23.7 Å². The van der Waals surface area contributed by atoms with Crippen LogP contribution in [-0.2, 0) is 0 Å². The van der Waals surface area contributed by atoms with Gasteiger partial charge in [-0.15, -0.1) is 0 Å². The van der Waals surface area contributed by atoms with Crippen LogP contribution in [0.5, 0.6) is 0 Å². The molecule has 1 aromatic heterocycles. The van der Waals surface area contributed by atoms with Crippen molar-refractivity contribution in [3.63, 3.8) is 0 Å². The number of carbonyl (C=O) groups excluding carboxylic acids is 1. The molecule has 0 bridgehead atoms. The SMILES string of the molecule is O=C(c1ccc(=O)[nH]c1)N1CCNCC1c1ccccc1Cl. The molecule has 114 valence electrons. The monoisotopic (exact) mass is 317 g/mol. The van der Waals surface area contributed by atoms with Crippen molar-refractivity contribution in [3.8, 4) is 0 Å². The Hall–Kier alpha value is -2.11. The van der Waals surface area contributed by atoms with Gasteiger partial charge in [0.25, 0.3) is 5.91 Å². The van der Waals surface area contributed by atoms with E-state index in [2.05, 4.69) is 10.3 Å². The Labute approximate surface area is 132 Å². The maximum Gasteiger partial charge on any atom is 0.255 e. The predicted molar refractivity (Wildman–Crippen MR) is 85.2 cm³/mol. The summed E-state index contributed by atoms with van der Waals surface area (Å²) in [5.41, 5.74) is 1.17. The molecule has 1 aliphatic heterocycles. The van der Waals surface area contributed by atoms with E-state index in [4.69, 9.17) is 11.6 Å². The van der Waals surface area contributed by atoms with Crippen molar-refractivity contribution in [2.24, 2.45) is 0 Å². The molecule has 0 saturated carbocycles. The number of aromatic nitrogens is 1. The number of carbonyl (C=O) groups is 1. The molecule has 0 radical (unpaired) electrons. The largest absolute Gasteiger partial charge is 0.329 e. The number of nitrogens with one attached hydrogen (secondary N) is 2. The second-order valence-electron chi connectivity index (χ2n) is 5.18. The van der Waals surface area contributed by atoms with E-state index >= 15 is 0 Å². The van der Waals surface area contributed by atoms with E-state index < -0.39 is 0 Å². The minimum atomic E-state index is -0.223. The van der Waals surface area contributed by atoms with E-state index in [1.165, 1.54) is 12.3 Å². The number of pyridine rings is 1. The smallest absolute Gasteiger partial charge is 0.255 e. The Balaban J connectivity index is 1.93. The highest BCUT2D eigenvalue weighted by atomic mass is 35.5. The molecule has 5 nitrogen and oxygen atoms in total. The number of benzene rings is 1. The molecule has 22 heavy (non-hydrogen) atoms. The molecule has 1 unspecified atom stereocenters. The second kappa shape index (κ2) is 6.34. The first-order valence-electron chi connectivity index (χ1n) is 7.11. The first kappa shape index (κ1) is 14.8. The van der Waals surface area contributed by atoms with Crippen molar-refractivity contribution in [3.05, 3.63) is 69.1 Å². The topological polar surface area (TPSA) is 65.2 Å². The molecular formula is C16H16ClN3O2. The summed E-state index contributed by atoms with van der Waals surface area (Å²) in [6.07, 6.45) is 1.45. The molecule has 0 aliphatic carbocycles. The summed E-state index contributed by atoms with van der Waals surface area (Å²) in [4.78, 5) is 28.2. The quantitative estimate of drug-likeness (QED) is 0.888.